The number of halogens is 2. The molecule has 46 valence electrons. The Labute approximate surface area is 111 Å². The molecule has 3 nitrogen and oxygen atoms in total. The first-order valence-electron chi connectivity index (χ1n) is 1.25. The predicted molar refractivity (Wildman–Crippen MR) is 18.2 cm³/mol. The van der Waals surface area contributed by atoms with Gasteiger partial charge in [0.25, 0.3) is 0 Å². The van der Waals surface area contributed by atoms with Gasteiger partial charge in [-0.15, -0.1) is 0 Å². The average molecular weight is 191 g/mol. The Morgan fingerprint density at radius 2 is 1.33 bits per heavy atom. The van der Waals surface area contributed by atoms with Gasteiger partial charge in [-0.25, -0.2) is 0 Å². The molecule has 0 spiro atoms. The third kappa shape index (κ3) is 39.9. The topological polar surface area (TPSA) is 69.1 Å². The van der Waals surface area contributed by atoms with Gasteiger partial charge >= 0.3 is 59.1 Å². The molecular formula is C2H6Cl2N2Na2O. The summed E-state index contributed by atoms with van der Waals surface area (Å²) in [4.78, 5) is 9.47. The molecule has 0 aliphatic carbocycles. The van der Waals surface area contributed by atoms with Gasteiger partial charge in [-0.3, -0.25) is 4.79 Å². The summed E-state index contributed by atoms with van der Waals surface area (Å²) in [6.45, 7) is -0.0556. The van der Waals surface area contributed by atoms with E-state index in [0.29, 0.717) is 0 Å². The van der Waals surface area contributed by atoms with Gasteiger partial charge in [0.2, 0.25) is 5.91 Å². The van der Waals surface area contributed by atoms with Crippen LogP contribution >= 0.6 is 0 Å². The maximum Gasteiger partial charge on any atom is 1.00 e. The number of rotatable bonds is 1. The molecule has 0 bridgehead atoms. The smallest absolute Gasteiger partial charge is 1.00 e. The van der Waals surface area contributed by atoms with Crippen LogP contribution in [0.15, 0.2) is 0 Å². The Kier molecular flexibility index (Phi) is 76.3. The van der Waals surface area contributed by atoms with Crippen molar-refractivity contribution >= 4 is 5.91 Å². The molecular weight excluding hydrogens is 185 g/mol. The molecule has 1 amide bonds. The predicted octanol–water partition coefficient (Wildman–Crippen LogP) is -13.6. The molecule has 0 aromatic carbocycles. The minimum Gasteiger partial charge on any atom is -1.00 e. The van der Waals surface area contributed by atoms with Gasteiger partial charge in [0.05, 0.1) is 6.54 Å². The van der Waals surface area contributed by atoms with Gasteiger partial charge in [-0.2, -0.15) is 0 Å². The zero-order valence-corrected chi connectivity index (χ0v) is 11.0. The molecule has 9 heavy (non-hydrogen) atoms. The second kappa shape index (κ2) is 22.5. The second-order valence-corrected chi connectivity index (χ2v) is 0.670. The van der Waals surface area contributed by atoms with Crippen molar-refractivity contribution in [2.75, 3.05) is 6.54 Å². The molecule has 0 aliphatic rings. The average Bonchev–Trinajstić information content (AvgIpc) is 1.38. The fraction of sp³-hybridized carbons (Fsp3) is 0.500. The fourth-order valence-corrected chi connectivity index (χ4v) is 0. The number of carbonyl (C=O) groups is 1. The van der Waals surface area contributed by atoms with Crippen LogP contribution in [0.1, 0.15) is 0 Å². The van der Waals surface area contributed by atoms with Crippen LogP contribution in [0.3, 0.4) is 0 Å². The van der Waals surface area contributed by atoms with Crippen LogP contribution in [0.2, 0.25) is 0 Å². The zero-order chi connectivity index (χ0) is 4.28. The molecule has 0 aliphatic heterocycles. The van der Waals surface area contributed by atoms with Crippen LogP contribution in [0.5, 0.6) is 0 Å². The van der Waals surface area contributed by atoms with Crippen LogP contribution in [0.25, 0.3) is 0 Å². The number of amides is 1. The molecule has 7 heteroatoms. The summed E-state index contributed by atoms with van der Waals surface area (Å²) in [5, 5.41) is 0. The Hall–Kier alpha value is 2.01. The molecule has 0 saturated heterocycles. The molecule has 4 N–H and O–H groups in total. The van der Waals surface area contributed by atoms with E-state index in [9.17, 15) is 4.79 Å². The van der Waals surface area contributed by atoms with E-state index in [-0.39, 0.29) is 90.5 Å². The molecule has 0 aromatic heterocycles. The van der Waals surface area contributed by atoms with Crippen molar-refractivity contribution in [3.63, 3.8) is 0 Å². The van der Waals surface area contributed by atoms with Crippen LogP contribution in [0, 0.1) is 0 Å². The summed E-state index contributed by atoms with van der Waals surface area (Å²) in [5.74, 6) is -0.468. The first-order chi connectivity index (χ1) is 2.27. The zero-order valence-electron chi connectivity index (χ0n) is 5.53. The number of nitrogens with two attached hydrogens (primary N) is 2. The van der Waals surface area contributed by atoms with Crippen molar-refractivity contribution in [1.82, 2.24) is 0 Å². The molecule has 0 saturated carbocycles. The van der Waals surface area contributed by atoms with E-state index in [4.69, 9.17) is 5.73 Å². The van der Waals surface area contributed by atoms with Crippen molar-refractivity contribution < 1.29 is 88.7 Å². The van der Waals surface area contributed by atoms with E-state index >= 15 is 0 Å². The van der Waals surface area contributed by atoms with Gasteiger partial charge in [-0.1, -0.05) is 0 Å². The Bertz CT molecular complexity index is 55.8. The Morgan fingerprint density at radius 3 is 1.33 bits per heavy atom. The maximum absolute atomic E-state index is 9.47. The van der Waals surface area contributed by atoms with Crippen molar-refractivity contribution in [3.05, 3.63) is 0 Å². The first-order valence-corrected chi connectivity index (χ1v) is 1.25. The standard InChI is InChI=1S/C2H6N2O.2ClH.2Na/c3-1-2(4)5;;;;/h1,3H2,(H2,4,5);2*1H;;/q;;;2*+1/p-2. The third-order valence-electron chi connectivity index (χ3n) is 0.201. The summed E-state index contributed by atoms with van der Waals surface area (Å²) in [7, 11) is 0. The van der Waals surface area contributed by atoms with Gasteiger partial charge in [0, 0.05) is 0 Å². The van der Waals surface area contributed by atoms with Crippen LogP contribution in [-0.4, -0.2) is 12.5 Å². The maximum atomic E-state index is 9.47. The molecule has 0 aromatic rings. The van der Waals surface area contributed by atoms with Crippen molar-refractivity contribution in [2.24, 2.45) is 11.5 Å². The molecule has 0 fully saturated rings. The van der Waals surface area contributed by atoms with Gasteiger partial charge in [-0.05, 0) is 0 Å². The van der Waals surface area contributed by atoms with Crippen molar-refractivity contribution in [2.45, 2.75) is 0 Å². The molecule has 0 atom stereocenters. The van der Waals surface area contributed by atoms with Crippen LogP contribution < -0.4 is 95.4 Å². The number of primary amides is 1. The van der Waals surface area contributed by atoms with E-state index in [1.807, 2.05) is 0 Å². The Balaban J connectivity index is -0.0000000133. The normalized spacial score (nSPS) is 4.11. The molecule has 0 radical (unpaired) electrons. The summed E-state index contributed by atoms with van der Waals surface area (Å²) in [6.07, 6.45) is 0. The number of carbonyl (C=O) groups excluding carboxylic acids is 1. The van der Waals surface area contributed by atoms with E-state index in [1.165, 1.54) is 0 Å². The van der Waals surface area contributed by atoms with E-state index in [1.54, 1.807) is 0 Å². The summed E-state index contributed by atoms with van der Waals surface area (Å²) in [5.41, 5.74) is 9.22. The van der Waals surface area contributed by atoms with Crippen molar-refractivity contribution in [1.29, 1.82) is 0 Å². The Morgan fingerprint density at radius 1 is 1.22 bits per heavy atom. The monoisotopic (exact) mass is 190 g/mol. The van der Waals surface area contributed by atoms with Gasteiger partial charge < -0.3 is 36.3 Å². The van der Waals surface area contributed by atoms with Crippen LogP contribution in [0.4, 0.5) is 0 Å². The van der Waals surface area contributed by atoms with Crippen molar-refractivity contribution in [3.8, 4) is 0 Å². The molecule has 0 unspecified atom stereocenters. The summed E-state index contributed by atoms with van der Waals surface area (Å²) >= 11 is 0. The van der Waals surface area contributed by atoms with Crippen LogP contribution in [-0.2, 0) is 4.79 Å². The minimum absolute atomic E-state index is 0. The quantitative estimate of drug-likeness (QED) is 0.404. The number of hydrogen-bond acceptors (Lipinski definition) is 2. The largest absolute Gasteiger partial charge is 1.00 e. The summed E-state index contributed by atoms with van der Waals surface area (Å²) < 4.78 is 0. The van der Waals surface area contributed by atoms with Gasteiger partial charge in [0.15, 0.2) is 0 Å². The van der Waals surface area contributed by atoms with E-state index in [2.05, 4.69) is 5.73 Å². The fourth-order valence-electron chi connectivity index (χ4n) is 0. The third-order valence-corrected chi connectivity index (χ3v) is 0.201. The molecule has 0 rings (SSSR count). The summed E-state index contributed by atoms with van der Waals surface area (Å²) in [6, 6.07) is 0. The molecule has 0 heterocycles. The van der Waals surface area contributed by atoms with E-state index < -0.39 is 5.91 Å². The van der Waals surface area contributed by atoms with Gasteiger partial charge in [0.1, 0.15) is 0 Å². The minimum atomic E-state index is -0.468. The number of hydrogen-bond donors (Lipinski definition) is 2. The van der Waals surface area contributed by atoms with E-state index in [0.717, 1.165) is 0 Å². The first kappa shape index (κ1) is 30.5. The second-order valence-electron chi connectivity index (χ2n) is 0.670. The SMILES string of the molecule is NCC(N)=O.[Cl-].[Cl-].[Na+].[Na+].